The Bertz CT molecular complexity index is 1120. The molecule has 3 aromatic rings. The van der Waals surface area contributed by atoms with Crippen molar-refractivity contribution in [2.75, 3.05) is 13.1 Å². The molecule has 1 unspecified atom stereocenters. The lowest BCUT2D eigenvalue weighted by Gasteiger charge is -2.33. The van der Waals surface area contributed by atoms with Gasteiger partial charge in [-0.25, -0.2) is 0 Å². The summed E-state index contributed by atoms with van der Waals surface area (Å²) in [6, 6.07) is 13.6. The van der Waals surface area contributed by atoms with Crippen molar-refractivity contribution in [1.82, 2.24) is 4.90 Å². The summed E-state index contributed by atoms with van der Waals surface area (Å²) in [6.45, 7) is 2.97. The van der Waals surface area contributed by atoms with Gasteiger partial charge in [-0.05, 0) is 74.5 Å². The van der Waals surface area contributed by atoms with Crippen LogP contribution in [0.5, 0.6) is 0 Å². The summed E-state index contributed by atoms with van der Waals surface area (Å²) >= 11 is 8.09. The molecule has 0 radical (unpaired) electrons. The minimum atomic E-state index is 0.480. The molecule has 2 N–H and O–H groups in total. The molecular formula is C25H25ClN2S. The van der Waals surface area contributed by atoms with Crippen molar-refractivity contribution in [1.29, 1.82) is 0 Å². The van der Waals surface area contributed by atoms with Crippen LogP contribution in [0.15, 0.2) is 36.4 Å². The molecule has 0 saturated carbocycles. The lowest BCUT2D eigenvalue weighted by molar-refractivity contribution is 0.221. The monoisotopic (exact) mass is 420 g/mol. The van der Waals surface area contributed by atoms with Crippen LogP contribution in [0.25, 0.3) is 10.1 Å². The maximum atomic E-state index is 6.42. The predicted octanol–water partition coefficient (Wildman–Crippen LogP) is 5.89. The quantitative estimate of drug-likeness (QED) is 0.524. The van der Waals surface area contributed by atoms with E-state index in [0.717, 1.165) is 32.0 Å². The zero-order valence-corrected chi connectivity index (χ0v) is 18.1. The van der Waals surface area contributed by atoms with Gasteiger partial charge >= 0.3 is 0 Å². The van der Waals surface area contributed by atoms with E-state index >= 15 is 0 Å². The van der Waals surface area contributed by atoms with Gasteiger partial charge in [0.25, 0.3) is 0 Å². The molecule has 0 spiro atoms. The van der Waals surface area contributed by atoms with Crippen molar-refractivity contribution < 1.29 is 0 Å². The molecule has 1 fully saturated rings. The molecule has 0 amide bonds. The van der Waals surface area contributed by atoms with Crippen LogP contribution >= 0.6 is 22.9 Å². The summed E-state index contributed by atoms with van der Waals surface area (Å²) in [6.07, 6.45) is 6.36. The second-order valence-corrected chi connectivity index (χ2v) is 9.54. The van der Waals surface area contributed by atoms with Crippen LogP contribution in [0.4, 0.5) is 0 Å². The number of hydrogen-bond acceptors (Lipinski definition) is 3. The third-order valence-corrected chi connectivity index (χ3v) is 8.00. The van der Waals surface area contributed by atoms with Crippen molar-refractivity contribution in [2.45, 2.75) is 44.7 Å². The minimum Gasteiger partial charge on any atom is -0.326 e. The second-order valence-electron chi connectivity index (χ2n) is 8.03. The van der Waals surface area contributed by atoms with E-state index in [1.54, 1.807) is 11.3 Å². The fourth-order valence-corrected chi connectivity index (χ4v) is 6.27. The van der Waals surface area contributed by atoms with Crippen LogP contribution in [0.1, 0.15) is 58.9 Å². The molecule has 1 aliphatic carbocycles. The first-order chi connectivity index (χ1) is 14.2. The molecule has 1 aromatic heterocycles. The minimum absolute atomic E-state index is 0.480. The Morgan fingerprint density at radius 1 is 1.10 bits per heavy atom. The molecule has 2 aromatic carbocycles. The molecule has 1 aliphatic heterocycles. The van der Waals surface area contributed by atoms with Crippen LogP contribution in [-0.2, 0) is 13.0 Å². The molecule has 0 bridgehead atoms. The Morgan fingerprint density at radius 3 is 2.79 bits per heavy atom. The van der Waals surface area contributed by atoms with E-state index in [1.807, 2.05) is 0 Å². The molecule has 2 aliphatic rings. The van der Waals surface area contributed by atoms with E-state index in [1.165, 1.54) is 55.5 Å². The summed E-state index contributed by atoms with van der Waals surface area (Å²) in [7, 11) is 0. The Hall–Kier alpha value is -1.83. The summed E-state index contributed by atoms with van der Waals surface area (Å²) in [4.78, 5) is 3.72. The van der Waals surface area contributed by atoms with Crippen molar-refractivity contribution in [3.05, 3.63) is 68.6 Å². The van der Waals surface area contributed by atoms with Gasteiger partial charge in [0, 0.05) is 38.7 Å². The van der Waals surface area contributed by atoms with Gasteiger partial charge < -0.3 is 5.73 Å². The zero-order chi connectivity index (χ0) is 19.8. The molecular weight excluding hydrogens is 396 g/mol. The molecule has 2 nitrogen and oxygen atoms in total. The fraction of sp³-hybridized carbons (Fsp3) is 0.360. The van der Waals surface area contributed by atoms with Crippen molar-refractivity contribution in [3.8, 4) is 11.8 Å². The first-order valence-corrected chi connectivity index (χ1v) is 11.7. The average molecular weight is 421 g/mol. The fourth-order valence-electron chi connectivity index (χ4n) is 4.84. The van der Waals surface area contributed by atoms with E-state index in [9.17, 15) is 0 Å². The first-order valence-electron chi connectivity index (χ1n) is 10.5. The van der Waals surface area contributed by atoms with E-state index in [0.29, 0.717) is 12.6 Å². The van der Waals surface area contributed by atoms with Gasteiger partial charge in [-0.2, -0.15) is 0 Å². The molecule has 4 heteroatoms. The zero-order valence-electron chi connectivity index (χ0n) is 16.5. The van der Waals surface area contributed by atoms with Gasteiger partial charge in [0.2, 0.25) is 0 Å². The third kappa shape index (κ3) is 3.60. The number of halogens is 1. The van der Waals surface area contributed by atoms with E-state index in [-0.39, 0.29) is 0 Å². The van der Waals surface area contributed by atoms with Crippen molar-refractivity contribution >= 4 is 33.0 Å². The lowest BCUT2D eigenvalue weighted by atomic mass is 9.84. The Balaban J connectivity index is 1.48. The maximum Gasteiger partial charge on any atom is 0.0636 e. The molecule has 2 heterocycles. The lowest BCUT2D eigenvalue weighted by Crippen LogP contribution is -2.29. The van der Waals surface area contributed by atoms with Gasteiger partial charge in [0.1, 0.15) is 0 Å². The molecule has 1 atom stereocenters. The SMILES string of the molecule is NCc1sc2cc(C#Cc3cccc4c3CCCC4N3CCCC3)ccc2c1Cl. The number of likely N-dealkylation sites (tertiary alicyclic amines) is 1. The molecule has 29 heavy (non-hydrogen) atoms. The van der Waals surface area contributed by atoms with Crippen LogP contribution < -0.4 is 5.73 Å². The van der Waals surface area contributed by atoms with Crippen LogP contribution in [-0.4, -0.2) is 18.0 Å². The third-order valence-electron chi connectivity index (χ3n) is 6.28. The second kappa shape index (κ2) is 8.13. The summed E-state index contributed by atoms with van der Waals surface area (Å²) in [5.41, 5.74) is 11.0. The normalized spacial score (nSPS) is 19.2. The highest BCUT2D eigenvalue weighted by Crippen LogP contribution is 2.38. The van der Waals surface area contributed by atoms with E-state index in [2.05, 4.69) is 53.1 Å². The van der Waals surface area contributed by atoms with Crippen molar-refractivity contribution in [3.63, 3.8) is 0 Å². The number of nitrogens with two attached hydrogens (primary N) is 1. The topological polar surface area (TPSA) is 29.3 Å². The predicted molar refractivity (Wildman–Crippen MR) is 124 cm³/mol. The van der Waals surface area contributed by atoms with Gasteiger partial charge in [-0.3, -0.25) is 4.90 Å². The highest BCUT2D eigenvalue weighted by molar-refractivity contribution is 7.19. The summed E-state index contributed by atoms with van der Waals surface area (Å²) < 4.78 is 1.16. The number of thiophene rings is 1. The van der Waals surface area contributed by atoms with Gasteiger partial charge in [0.15, 0.2) is 0 Å². The number of rotatable bonds is 2. The van der Waals surface area contributed by atoms with E-state index < -0.39 is 0 Å². The van der Waals surface area contributed by atoms with E-state index in [4.69, 9.17) is 17.3 Å². The molecule has 1 saturated heterocycles. The highest BCUT2D eigenvalue weighted by Gasteiger charge is 2.28. The number of hydrogen-bond donors (Lipinski definition) is 1. The standard InChI is InChI=1S/C25H25ClN2S/c26-25-21-12-10-17(15-23(21)29-24(25)16-27)9-11-18-5-3-7-20-19(18)6-4-8-22(20)28-13-1-2-14-28/h3,5,7,10,12,15,22H,1-2,4,6,8,13-14,16,27H2. The van der Waals surface area contributed by atoms with Crippen LogP contribution in [0.2, 0.25) is 5.02 Å². The molecule has 148 valence electrons. The Labute approximate surface area is 181 Å². The summed E-state index contributed by atoms with van der Waals surface area (Å²) in [5, 5.41) is 1.87. The van der Waals surface area contributed by atoms with Crippen LogP contribution in [0.3, 0.4) is 0 Å². The van der Waals surface area contributed by atoms with Gasteiger partial charge in [-0.1, -0.05) is 41.6 Å². The first kappa shape index (κ1) is 19.2. The molecule has 5 rings (SSSR count). The summed E-state index contributed by atoms with van der Waals surface area (Å²) in [5.74, 6) is 6.88. The highest BCUT2D eigenvalue weighted by atomic mass is 35.5. The van der Waals surface area contributed by atoms with Gasteiger partial charge in [0.05, 0.1) is 5.02 Å². The largest absolute Gasteiger partial charge is 0.326 e. The maximum absolute atomic E-state index is 6.42. The smallest absolute Gasteiger partial charge is 0.0636 e. The Morgan fingerprint density at radius 2 is 1.97 bits per heavy atom. The number of fused-ring (bicyclic) bond motifs is 2. The van der Waals surface area contributed by atoms with Crippen molar-refractivity contribution in [2.24, 2.45) is 5.73 Å². The average Bonchev–Trinajstić information content (AvgIpc) is 3.40. The number of benzene rings is 2. The van der Waals surface area contributed by atoms with Crippen LogP contribution in [0, 0.1) is 11.8 Å². The number of nitrogens with zero attached hydrogens (tertiary/aromatic N) is 1. The van der Waals surface area contributed by atoms with Gasteiger partial charge in [-0.15, -0.1) is 11.3 Å². The Kier molecular flexibility index (Phi) is 5.37.